The maximum Gasteiger partial charge on any atom is 0.0558 e. The molecule has 0 aliphatic carbocycles. The molecule has 1 heterocycles. The third kappa shape index (κ3) is 3.59. The molecule has 0 aliphatic heterocycles. The topological polar surface area (TPSA) is 23.5 Å². The van der Waals surface area contributed by atoms with Crippen LogP contribution in [-0.4, -0.2) is 29.7 Å². The molecule has 0 aliphatic rings. The van der Waals surface area contributed by atoms with Crippen LogP contribution in [0.5, 0.6) is 0 Å². The molecule has 0 unspecified atom stereocenters. The second kappa shape index (κ2) is 7.31. The van der Waals surface area contributed by atoms with Crippen molar-refractivity contribution in [2.75, 3.05) is 19.7 Å². The molecule has 2 rings (SSSR count). The number of hydrogen-bond donors (Lipinski definition) is 1. The van der Waals surface area contributed by atoms with Crippen LogP contribution in [0.2, 0.25) is 5.02 Å². The minimum atomic E-state index is 0. The molecule has 2 aromatic rings. The lowest BCUT2D eigenvalue weighted by atomic mass is 10.1. The Balaban J connectivity index is 0.00000162. The van der Waals surface area contributed by atoms with Crippen LogP contribution in [0.4, 0.5) is 0 Å². The van der Waals surface area contributed by atoms with Gasteiger partial charge in [0.2, 0.25) is 0 Å². The number of aliphatic hydroxyl groups excluding tert-OH is 1. The fourth-order valence-corrected chi connectivity index (χ4v) is 3.01. The Morgan fingerprint density at radius 2 is 2.17 bits per heavy atom. The Bertz CT molecular complexity index is 501. The maximum absolute atomic E-state index is 8.99. The van der Waals surface area contributed by atoms with Crippen LogP contribution in [0.1, 0.15) is 12.5 Å². The zero-order valence-electron chi connectivity index (χ0n) is 10.2. The quantitative estimate of drug-likeness (QED) is 0.908. The Morgan fingerprint density at radius 1 is 1.39 bits per heavy atom. The summed E-state index contributed by atoms with van der Waals surface area (Å²) in [5.74, 6) is 0. The Hall–Kier alpha value is -0.320. The zero-order chi connectivity index (χ0) is 12.3. The van der Waals surface area contributed by atoms with Gasteiger partial charge in [-0.2, -0.15) is 0 Å². The van der Waals surface area contributed by atoms with Gasteiger partial charge >= 0.3 is 0 Å². The number of benzene rings is 1. The van der Waals surface area contributed by atoms with Crippen LogP contribution >= 0.6 is 35.3 Å². The molecule has 0 spiro atoms. The average Bonchev–Trinajstić information content (AvgIpc) is 2.71. The summed E-state index contributed by atoms with van der Waals surface area (Å²) in [6.07, 6.45) is 0. The van der Waals surface area contributed by atoms with Crippen LogP contribution in [0, 0.1) is 0 Å². The van der Waals surface area contributed by atoms with E-state index in [1.807, 2.05) is 12.1 Å². The van der Waals surface area contributed by atoms with E-state index in [0.717, 1.165) is 18.1 Å². The average molecular weight is 306 g/mol. The summed E-state index contributed by atoms with van der Waals surface area (Å²) < 4.78 is 1.27. The van der Waals surface area contributed by atoms with Crippen LogP contribution in [0.3, 0.4) is 0 Å². The number of aliphatic hydroxyl groups is 1. The number of rotatable bonds is 5. The van der Waals surface area contributed by atoms with Crippen molar-refractivity contribution in [1.29, 1.82) is 0 Å². The van der Waals surface area contributed by atoms with Crippen molar-refractivity contribution in [2.24, 2.45) is 0 Å². The van der Waals surface area contributed by atoms with Crippen molar-refractivity contribution in [3.8, 4) is 0 Å². The van der Waals surface area contributed by atoms with Gasteiger partial charge in [-0.25, -0.2) is 0 Å². The highest BCUT2D eigenvalue weighted by Crippen LogP contribution is 2.29. The molecule has 1 aromatic heterocycles. The zero-order valence-corrected chi connectivity index (χ0v) is 12.6. The van der Waals surface area contributed by atoms with Gasteiger partial charge in [0.1, 0.15) is 0 Å². The predicted octanol–water partition coefficient (Wildman–Crippen LogP) is 3.79. The van der Waals surface area contributed by atoms with Gasteiger partial charge in [-0.05, 0) is 41.1 Å². The SMILES string of the molecule is CCN(CCO)Cc1csc2ccc(Cl)cc12.Cl. The second-order valence-corrected chi connectivity index (χ2v) is 5.34. The highest BCUT2D eigenvalue weighted by Gasteiger charge is 2.08. The van der Waals surface area contributed by atoms with Crippen LogP contribution < -0.4 is 0 Å². The van der Waals surface area contributed by atoms with E-state index >= 15 is 0 Å². The minimum absolute atomic E-state index is 0. The van der Waals surface area contributed by atoms with Crippen molar-refractivity contribution in [1.82, 2.24) is 4.90 Å². The first-order valence-electron chi connectivity index (χ1n) is 5.73. The number of fused-ring (bicyclic) bond motifs is 1. The highest BCUT2D eigenvalue weighted by molar-refractivity contribution is 7.17. The molecule has 2 nitrogen and oxygen atoms in total. The molecule has 0 saturated carbocycles. The number of likely N-dealkylation sites (N-methyl/N-ethyl adjacent to an activating group) is 1. The molecule has 0 amide bonds. The van der Waals surface area contributed by atoms with E-state index in [4.69, 9.17) is 16.7 Å². The maximum atomic E-state index is 8.99. The molecule has 100 valence electrons. The number of nitrogens with zero attached hydrogens (tertiary/aromatic N) is 1. The standard InChI is InChI=1S/C13H16ClNOS.ClH/c1-2-15(5-6-16)8-10-9-17-13-4-3-11(14)7-12(10)13;/h3-4,7,9,16H,2,5-6,8H2,1H3;1H. The third-order valence-corrected chi connectivity index (χ3v) is 4.12. The first kappa shape index (κ1) is 15.7. The van der Waals surface area contributed by atoms with Crippen molar-refractivity contribution in [3.63, 3.8) is 0 Å². The van der Waals surface area contributed by atoms with Crippen molar-refractivity contribution < 1.29 is 5.11 Å². The molecule has 1 aromatic carbocycles. The molecule has 0 bridgehead atoms. The van der Waals surface area contributed by atoms with Gasteiger partial charge in [-0.1, -0.05) is 18.5 Å². The van der Waals surface area contributed by atoms with Crippen molar-refractivity contribution in [3.05, 3.63) is 34.2 Å². The number of hydrogen-bond acceptors (Lipinski definition) is 3. The van der Waals surface area contributed by atoms with E-state index < -0.39 is 0 Å². The van der Waals surface area contributed by atoms with Gasteiger partial charge in [-0.15, -0.1) is 23.7 Å². The van der Waals surface area contributed by atoms with Crippen LogP contribution in [0.25, 0.3) is 10.1 Å². The summed E-state index contributed by atoms with van der Waals surface area (Å²) in [4.78, 5) is 2.22. The molecule has 1 N–H and O–H groups in total. The Morgan fingerprint density at radius 3 is 2.83 bits per heavy atom. The molecule has 0 atom stereocenters. The summed E-state index contributed by atoms with van der Waals surface area (Å²) in [5, 5.41) is 13.2. The number of thiophene rings is 1. The van der Waals surface area contributed by atoms with E-state index in [1.165, 1.54) is 15.6 Å². The second-order valence-electron chi connectivity index (χ2n) is 3.99. The van der Waals surface area contributed by atoms with E-state index in [-0.39, 0.29) is 19.0 Å². The first-order chi connectivity index (χ1) is 8.24. The van der Waals surface area contributed by atoms with Gasteiger partial charge in [0.25, 0.3) is 0 Å². The van der Waals surface area contributed by atoms with E-state index in [2.05, 4.69) is 23.3 Å². The summed E-state index contributed by atoms with van der Waals surface area (Å²) in [6.45, 7) is 4.85. The summed E-state index contributed by atoms with van der Waals surface area (Å²) >= 11 is 7.78. The van der Waals surface area contributed by atoms with E-state index in [9.17, 15) is 0 Å². The molecule has 0 radical (unpaired) electrons. The van der Waals surface area contributed by atoms with Gasteiger partial charge < -0.3 is 5.11 Å². The summed E-state index contributed by atoms with van der Waals surface area (Å²) in [5.41, 5.74) is 1.29. The summed E-state index contributed by atoms with van der Waals surface area (Å²) in [6, 6.07) is 6.01. The molecular weight excluding hydrogens is 289 g/mol. The summed E-state index contributed by atoms with van der Waals surface area (Å²) in [7, 11) is 0. The van der Waals surface area contributed by atoms with Gasteiger partial charge in [0.15, 0.2) is 0 Å². The van der Waals surface area contributed by atoms with Crippen LogP contribution in [-0.2, 0) is 6.54 Å². The first-order valence-corrected chi connectivity index (χ1v) is 6.99. The molecule has 0 fully saturated rings. The lowest BCUT2D eigenvalue weighted by molar-refractivity contribution is 0.197. The molecular formula is C13H17Cl2NOS. The highest BCUT2D eigenvalue weighted by atomic mass is 35.5. The molecule has 5 heteroatoms. The van der Waals surface area contributed by atoms with Crippen LogP contribution in [0.15, 0.2) is 23.6 Å². The van der Waals surface area contributed by atoms with Gasteiger partial charge in [0.05, 0.1) is 6.61 Å². The monoisotopic (exact) mass is 305 g/mol. The van der Waals surface area contributed by atoms with Gasteiger partial charge in [-0.3, -0.25) is 4.90 Å². The molecule has 18 heavy (non-hydrogen) atoms. The Labute approximate surface area is 123 Å². The Kier molecular flexibility index (Phi) is 6.39. The lowest BCUT2D eigenvalue weighted by Gasteiger charge is -2.18. The van der Waals surface area contributed by atoms with E-state index in [0.29, 0.717) is 6.54 Å². The lowest BCUT2D eigenvalue weighted by Crippen LogP contribution is -2.25. The van der Waals surface area contributed by atoms with Crippen molar-refractivity contribution in [2.45, 2.75) is 13.5 Å². The van der Waals surface area contributed by atoms with Crippen molar-refractivity contribution >= 4 is 45.4 Å². The fourth-order valence-electron chi connectivity index (χ4n) is 1.91. The minimum Gasteiger partial charge on any atom is -0.395 e. The van der Waals surface area contributed by atoms with Gasteiger partial charge in [0, 0.05) is 22.8 Å². The number of halogens is 2. The largest absolute Gasteiger partial charge is 0.395 e. The molecule has 0 saturated heterocycles. The predicted molar refractivity (Wildman–Crippen MR) is 82.1 cm³/mol. The smallest absolute Gasteiger partial charge is 0.0558 e. The van der Waals surface area contributed by atoms with E-state index in [1.54, 1.807) is 11.3 Å². The third-order valence-electron chi connectivity index (χ3n) is 2.87. The normalized spacial score (nSPS) is 10.9. The fraction of sp³-hybridized carbons (Fsp3) is 0.385.